The number of rotatable bonds is 9. The first-order chi connectivity index (χ1) is 18.0. The second-order valence-electron chi connectivity index (χ2n) is 7.90. The fourth-order valence-corrected chi connectivity index (χ4v) is 4.13. The molecular weight excluding hydrogens is 490 g/mol. The lowest BCUT2D eigenvalue weighted by Gasteiger charge is -2.11. The third kappa shape index (κ3) is 6.42. The van der Waals surface area contributed by atoms with E-state index in [4.69, 9.17) is 4.74 Å². The van der Waals surface area contributed by atoms with Crippen LogP contribution in [0.4, 0.5) is 0 Å². The van der Waals surface area contributed by atoms with E-state index in [-0.39, 0.29) is 11.7 Å². The maximum absolute atomic E-state index is 12.5. The predicted octanol–water partition coefficient (Wildman–Crippen LogP) is 4.28. The number of nitrogens with zero attached hydrogens (tertiary/aromatic N) is 4. The van der Waals surface area contributed by atoms with Crippen LogP contribution in [-0.2, 0) is 9.53 Å². The SMILES string of the molecule is COC(=O)c1ccc(/C=N/NC(=O)CSc2nnc(-c3ccc(C)cc3)n2-c2ccc(OC)cc2)cc1. The van der Waals surface area contributed by atoms with Crippen LogP contribution in [0.15, 0.2) is 83.1 Å². The number of benzene rings is 3. The summed E-state index contributed by atoms with van der Waals surface area (Å²) >= 11 is 1.25. The number of esters is 1. The number of hydrazone groups is 1. The summed E-state index contributed by atoms with van der Waals surface area (Å²) < 4.78 is 11.9. The highest BCUT2D eigenvalue weighted by atomic mass is 32.2. The first kappa shape index (κ1) is 25.6. The fraction of sp³-hybridized carbons (Fsp3) is 0.148. The lowest BCUT2D eigenvalue weighted by molar-refractivity contribution is -0.118. The van der Waals surface area contributed by atoms with Gasteiger partial charge in [0.1, 0.15) is 5.75 Å². The molecule has 10 heteroatoms. The molecule has 4 aromatic rings. The minimum absolute atomic E-state index is 0.0841. The number of amides is 1. The summed E-state index contributed by atoms with van der Waals surface area (Å²) in [6.45, 7) is 2.03. The minimum atomic E-state index is -0.415. The highest BCUT2D eigenvalue weighted by molar-refractivity contribution is 7.99. The van der Waals surface area contributed by atoms with E-state index in [1.807, 2.05) is 60.0 Å². The molecule has 0 spiro atoms. The molecule has 0 saturated carbocycles. The van der Waals surface area contributed by atoms with Gasteiger partial charge in [0.25, 0.3) is 5.91 Å². The zero-order chi connectivity index (χ0) is 26.2. The zero-order valence-corrected chi connectivity index (χ0v) is 21.4. The standard InChI is InChI=1S/C27H25N5O4S/c1-18-4-8-20(9-5-18)25-30-31-27(32(25)22-12-14-23(35-2)15-13-22)37-17-24(33)29-28-16-19-6-10-21(11-7-19)26(34)36-3/h4-16H,17H2,1-3H3,(H,29,33)/b28-16+. The Morgan fingerprint density at radius 1 is 0.973 bits per heavy atom. The molecule has 0 radical (unpaired) electrons. The van der Waals surface area contributed by atoms with Crippen LogP contribution in [0.25, 0.3) is 17.1 Å². The van der Waals surface area contributed by atoms with Gasteiger partial charge < -0.3 is 9.47 Å². The number of methoxy groups -OCH3 is 2. The Balaban J connectivity index is 1.46. The number of aryl methyl sites for hydroxylation is 1. The smallest absolute Gasteiger partial charge is 0.337 e. The molecule has 0 aliphatic heterocycles. The predicted molar refractivity (Wildman–Crippen MR) is 142 cm³/mol. The van der Waals surface area contributed by atoms with Crippen LogP contribution in [0, 0.1) is 6.92 Å². The van der Waals surface area contributed by atoms with Crippen molar-refractivity contribution in [1.82, 2.24) is 20.2 Å². The zero-order valence-electron chi connectivity index (χ0n) is 20.5. The largest absolute Gasteiger partial charge is 0.497 e. The van der Waals surface area contributed by atoms with E-state index in [1.165, 1.54) is 25.1 Å². The molecule has 0 bridgehead atoms. The third-order valence-electron chi connectivity index (χ3n) is 5.34. The molecular formula is C27H25N5O4S. The van der Waals surface area contributed by atoms with Crippen molar-refractivity contribution in [1.29, 1.82) is 0 Å². The monoisotopic (exact) mass is 515 g/mol. The van der Waals surface area contributed by atoms with Crippen molar-refractivity contribution in [2.24, 2.45) is 5.10 Å². The van der Waals surface area contributed by atoms with Crippen molar-refractivity contribution in [2.45, 2.75) is 12.1 Å². The highest BCUT2D eigenvalue weighted by Crippen LogP contribution is 2.29. The molecule has 1 N–H and O–H groups in total. The molecule has 1 amide bonds. The maximum atomic E-state index is 12.5. The second-order valence-corrected chi connectivity index (χ2v) is 8.84. The summed E-state index contributed by atoms with van der Waals surface area (Å²) in [7, 11) is 2.94. The highest BCUT2D eigenvalue weighted by Gasteiger charge is 2.17. The van der Waals surface area contributed by atoms with Crippen LogP contribution < -0.4 is 10.2 Å². The Kier molecular flexibility index (Phi) is 8.32. The van der Waals surface area contributed by atoms with Crippen LogP contribution >= 0.6 is 11.8 Å². The second kappa shape index (κ2) is 12.0. The molecule has 4 rings (SSSR count). The normalized spacial score (nSPS) is 10.9. The lowest BCUT2D eigenvalue weighted by atomic mass is 10.1. The molecule has 37 heavy (non-hydrogen) atoms. The van der Waals surface area contributed by atoms with E-state index in [9.17, 15) is 9.59 Å². The van der Waals surface area contributed by atoms with Gasteiger partial charge in [-0.05, 0) is 48.9 Å². The van der Waals surface area contributed by atoms with Gasteiger partial charge >= 0.3 is 5.97 Å². The summed E-state index contributed by atoms with van der Waals surface area (Å²) in [5.41, 5.74) is 6.57. The van der Waals surface area contributed by atoms with Gasteiger partial charge in [0.05, 0.1) is 31.8 Å². The van der Waals surface area contributed by atoms with E-state index in [2.05, 4.69) is 25.5 Å². The van der Waals surface area contributed by atoms with Crippen molar-refractivity contribution in [2.75, 3.05) is 20.0 Å². The van der Waals surface area contributed by atoms with Gasteiger partial charge in [-0.25, -0.2) is 10.2 Å². The number of hydrogen-bond acceptors (Lipinski definition) is 8. The van der Waals surface area contributed by atoms with Crippen LogP contribution in [0.2, 0.25) is 0 Å². The molecule has 0 unspecified atom stereocenters. The first-order valence-corrected chi connectivity index (χ1v) is 12.3. The Hall–Kier alpha value is -4.44. The Morgan fingerprint density at radius 3 is 2.32 bits per heavy atom. The van der Waals surface area contributed by atoms with Gasteiger partial charge in [0.15, 0.2) is 11.0 Å². The van der Waals surface area contributed by atoms with Crippen LogP contribution in [0.3, 0.4) is 0 Å². The average molecular weight is 516 g/mol. The summed E-state index contributed by atoms with van der Waals surface area (Å²) in [6.07, 6.45) is 1.50. The number of aromatic nitrogens is 3. The van der Waals surface area contributed by atoms with Crippen LogP contribution in [0.1, 0.15) is 21.5 Å². The summed E-state index contributed by atoms with van der Waals surface area (Å²) in [5, 5.41) is 13.3. The molecule has 1 heterocycles. The van der Waals surface area contributed by atoms with Crippen LogP contribution in [-0.4, -0.2) is 52.8 Å². The summed E-state index contributed by atoms with van der Waals surface area (Å²) in [6, 6.07) is 22.3. The van der Waals surface area contributed by atoms with Crippen molar-refractivity contribution in [3.8, 4) is 22.8 Å². The van der Waals surface area contributed by atoms with Gasteiger partial charge in [-0.15, -0.1) is 10.2 Å². The first-order valence-electron chi connectivity index (χ1n) is 11.3. The third-order valence-corrected chi connectivity index (χ3v) is 6.27. The molecule has 0 aliphatic carbocycles. The molecule has 0 atom stereocenters. The molecule has 0 fully saturated rings. The van der Waals surface area contributed by atoms with E-state index in [0.29, 0.717) is 16.5 Å². The minimum Gasteiger partial charge on any atom is -0.497 e. The lowest BCUT2D eigenvalue weighted by Crippen LogP contribution is -2.20. The van der Waals surface area contributed by atoms with Crippen molar-refractivity contribution in [3.63, 3.8) is 0 Å². The maximum Gasteiger partial charge on any atom is 0.337 e. The number of nitrogens with one attached hydrogen (secondary N) is 1. The number of carbonyl (C=O) groups is 2. The van der Waals surface area contributed by atoms with Gasteiger partial charge in [0, 0.05) is 11.3 Å². The van der Waals surface area contributed by atoms with Crippen molar-refractivity contribution >= 4 is 29.9 Å². The van der Waals surface area contributed by atoms with Crippen molar-refractivity contribution in [3.05, 3.63) is 89.5 Å². The molecule has 1 aromatic heterocycles. The number of thioether (sulfide) groups is 1. The quantitative estimate of drug-likeness (QED) is 0.153. The van der Waals surface area contributed by atoms with Gasteiger partial charge in [-0.1, -0.05) is 53.7 Å². The van der Waals surface area contributed by atoms with E-state index < -0.39 is 5.97 Å². The van der Waals surface area contributed by atoms with Gasteiger partial charge in [-0.2, -0.15) is 5.10 Å². The average Bonchev–Trinajstić information content (AvgIpc) is 3.36. The number of ether oxygens (including phenoxy) is 2. The molecule has 0 saturated heterocycles. The van der Waals surface area contributed by atoms with E-state index in [0.717, 1.165) is 28.1 Å². The van der Waals surface area contributed by atoms with E-state index >= 15 is 0 Å². The number of carbonyl (C=O) groups excluding carboxylic acids is 2. The number of hydrogen-bond donors (Lipinski definition) is 1. The molecule has 9 nitrogen and oxygen atoms in total. The van der Waals surface area contributed by atoms with Gasteiger partial charge in [0.2, 0.25) is 0 Å². The van der Waals surface area contributed by atoms with E-state index in [1.54, 1.807) is 31.4 Å². The Bertz CT molecular complexity index is 1400. The Labute approximate surface area is 218 Å². The van der Waals surface area contributed by atoms with Crippen molar-refractivity contribution < 1.29 is 19.1 Å². The molecule has 0 aliphatic rings. The van der Waals surface area contributed by atoms with Crippen LogP contribution in [0.5, 0.6) is 5.75 Å². The summed E-state index contributed by atoms with van der Waals surface area (Å²) in [5.74, 6) is 0.776. The molecule has 188 valence electrons. The summed E-state index contributed by atoms with van der Waals surface area (Å²) in [4.78, 5) is 24.0. The van der Waals surface area contributed by atoms with Gasteiger partial charge in [-0.3, -0.25) is 9.36 Å². The topological polar surface area (TPSA) is 108 Å². The molecule has 3 aromatic carbocycles. The Morgan fingerprint density at radius 2 is 1.68 bits per heavy atom. The fourth-order valence-electron chi connectivity index (χ4n) is 3.38.